The summed E-state index contributed by atoms with van der Waals surface area (Å²) in [6, 6.07) is 12.2. The Bertz CT molecular complexity index is 724. The van der Waals surface area contributed by atoms with Gasteiger partial charge in [0.1, 0.15) is 5.75 Å². The second-order valence-electron chi connectivity index (χ2n) is 4.57. The van der Waals surface area contributed by atoms with Gasteiger partial charge in [-0.1, -0.05) is 24.3 Å². The third-order valence-electron chi connectivity index (χ3n) is 2.98. The molecule has 0 fully saturated rings. The number of hydrogen-bond donors (Lipinski definition) is 1. The van der Waals surface area contributed by atoms with E-state index in [1.807, 2.05) is 19.1 Å². The molecule has 2 aromatic carbocycles. The van der Waals surface area contributed by atoms with Gasteiger partial charge < -0.3 is 4.74 Å². The molecule has 1 N–H and O–H groups in total. The van der Waals surface area contributed by atoms with Crippen molar-refractivity contribution in [2.75, 3.05) is 11.8 Å². The Morgan fingerprint density at radius 2 is 1.75 bits per heavy atom. The lowest BCUT2D eigenvalue weighted by Gasteiger charge is -2.13. The molecule has 0 saturated carbocycles. The predicted molar refractivity (Wildman–Crippen MR) is 79.7 cm³/mol. The Kier molecular flexibility index (Phi) is 3.99. The normalized spacial score (nSPS) is 11.2. The third-order valence-corrected chi connectivity index (χ3v) is 4.51. The molecule has 0 heterocycles. The van der Waals surface area contributed by atoms with E-state index in [9.17, 15) is 8.42 Å². The number of rotatable bonds is 4. The first-order valence-electron chi connectivity index (χ1n) is 6.17. The van der Waals surface area contributed by atoms with E-state index in [2.05, 4.69) is 4.72 Å². The maximum Gasteiger partial charge on any atom is 0.262 e. The average molecular weight is 291 g/mol. The minimum Gasteiger partial charge on any atom is -0.495 e. The van der Waals surface area contributed by atoms with Gasteiger partial charge in [-0.05, 0) is 43.2 Å². The molecule has 5 heteroatoms. The quantitative estimate of drug-likeness (QED) is 0.941. The van der Waals surface area contributed by atoms with Crippen LogP contribution >= 0.6 is 0 Å². The number of nitrogens with one attached hydrogen (secondary N) is 1. The van der Waals surface area contributed by atoms with Crippen LogP contribution in [0.1, 0.15) is 11.1 Å². The highest BCUT2D eigenvalue weighted by molar-refractivity contribution is 7.92. The van der Waals surface area contributed by atoms with Gasteiger partial charge in [-0.2, -0.15) is 0 Å². The molecule has 0 aliphatic heterocycles. The zero-order valence-electron chi connectivity index (χ0n) is 11.7. The Morgan fingerprint density at radius 3 is 2.40 bits per heavy atom. The van der Waals surface area contributed by atoms with Gasteiger partial charge >= 0.3 is 0 Å². The van der Waals surface area contributed by atoms with Gasteiger partial charge in [0.15, 0.2) is 0 Å². The van der Waals surface area contributed by atoms with Crippen molar-refractivity contribution in [3.8, 4) is 5.75 Å². The molecule has 0 atom stereocenters. The fourth-order valence-corrected chi connectivity index (χ4v) is 3.27. The fraction of sp³-hybridized carbons (Fsp3) is 0.200. The highest BCUT2D eigenvalue weighted by Crippen LogP contribution is 2.28. The van der Waals surface area contributed by atoms with E-state index < -0.39 is 10.0 Å². The minimum absolute atomic E-state index is 0.267. The third kappa shape index (κ3) is 2.93. The standard InChI is InChI=1S/C15H17NO3S/c1-11-8-9-14(19-3)13(10-11)16-20(17,18)15-7-5-4-6-12(15)2/h4-10,16H,1-3H3. The van der Waals surface area contributed by atoms with Crippen LogP contribution in [0.4, 0.5) is 5.69 Å². The largest absolute Gasteiger partial charge is 0.495 e. The van der Waals surface area contributed by atoms with Crippen LogP contribution in [0.3, 0.4) is 0 Å². The highest BCUT2D eigenvalue weighted by atomic mass is 32.2. The number of aryl methyl sites for hydroxylation is 2. The summed E-state index contributed by atoms with van der Waals surface area (Å²) in [5, 5.41) is 0. The van der Waals surface area contributed by atoms with E-state index in [1.54, 1.807) is 37.3 Å². The molecule has 0 saturated heterocycles. The van der Waals surface area contributed by atoms with Crippen molar-refractivity contribution in [2.45, 2.75) is 18.7 Å². The second kappa shape index (κ2) is 5.54. The molecule has 0 spiro atoms. The first kappa shape index (κ1) is 14.4. The highest BCUT2D eigenvalue weighted by Gasteiger charge is 2.18. The van der Waals surface area contributed by atoms with Crippen LogP contribution in [-0.2, 0) is 10.0 Å². The van der Waals surface area contributed by atoms with Gasteiger partial charge in [0.25, 0.3) is 10.0 Å². The average Bonchev–Trinajstić information content (AvgIpc) is 2.39. The van der Waals surface area contributed by atoms with Crippen molar-refractivity contribution < 1.29 is 13.2 Å². The summed E-state index contributed by atoms with van der Waals surface area (Å²) in [7, 11) is -2.11. The van der Waals surface area contributed by atoms with Crippen LogP contribution < -0.4 is 9.46 Å². The van der Waals surface area contributed by atoms with E-state index >= 15 is 0 Å². The Hall–Kier alpha value is -2.01. The molecule has 0 amide bonds. The molecule has 0 bridgehead atoms. The number of benzene rings is 2. The van der Waals surface area contributed by atoms with Crippen LogP contribution in [0.15, 0.2) is 47.4 Å². The van der Waals surface area contributed by atoms with E-state index in [0.29, 0.717) is 17.0 Å². The van der Waals surface area contributed by atoms with Gasteiger partial charge in [0.05, 0.1) is 17.7 Å². The van der Waals surface area contributed by atoms with Crippen molar-refractivity contribution in [1.82, 2.24) is 0 Å². The molecule has 0 aliphatic carbocycles. The van der Waals surface area contributed by atoms with Crippen LogP contribution in [0, 0.1) is 13.8 Å². The van der Waals surface area contributed by atoms with Crippen LogP contribution in [0.5, 0.6) is 5.75 Å². The zero-order chi connectivity index (χ0) is 14.8. The molecule has 2 rings (SSSR count). The summed E-state index contributed by atoms with van der Waals surface area (Å²) in [5.74, 6) is 0.493. The van der Waals surface area contributed by atoms with E-state index in [4.69, 9.17) is 4.74 Å². The number of hydrogen-bond acceptors (Lipinski definition) is 3. The molecule has 20 heavy (non-hydrogen) atoms. The lowest BCUT2D eigenvalue weighted by molar-refractivity contribution is 0.417. The van der Waals surface area contributed by atoms with Crippen LogP contribution in [-0.4, -0.2) is 15.5 Å². The van der Waals surface area contributed by atoms with Crippen molar-refractivity contribution >= 4 is 15.7 Å². The summed E-state index contributed by atoms with van der Waals surface area (Å²) in [4.78, 5) is 0.267. The monoisotopic (exact) mass is 291 g/mol. The summed E-state index contributed by atoms with van der Waals surface area (Å²) < 4.78 is 32.6. The second-order valence-corrected chi connectivity index (χ2v) is 6.23. The van der Waals surface area contributed by atoms with Gasteiger partial charge in [-0.25, -0.2) is 8.42 Å². The Balaban J connectivity index is 2.44. The zero-order valence-corrected chi connectivity index (χ0v) is 12.5. The maximum atomic E-state index is 12.4. The topological polar surface area (TPSA) is 55.4 Å². The molecule has 4 nitrogen and oxygen atoms in total. The number of methoxy groups -OCH3 is 1. The van der Waals surface area contributed by atoms with Crippen molar-refractivity contribution in [2.24, 2.45) is 0 Å². The number of ether oxygens (including phenoxy) is 1. The summed E-state index contributed by atoms with van der Waals surface area (Å²) in [6.07, 6.45) is 0. The molecule has 0 radical (unpaired) electrons. The molecule has 0 aliphatic rings. The summed E-state index contributed by atoms with van der Waals surface area (Å²) in [6.45, 7) is 3.66. The first-order valence-corrected chi connectivity index (χ1v) is 7.65. The Labute approximate surface area is 119 Å². The van der Waals surface area contributed by atoms with Gasteiger partial charge in [0.2, 0.25) is 0 Å². The van der Waals surface area contributed by atoms with E-state index in [0.717, 1.165) is 5.56 Å². The molecular formula is C15H17NO3S. The molecular weight excluding hydrogens is 274 g/mol. The SMILES string of the molecule is COc1ccc(C)cc1NS(=O)(=O)c1ccccc1C. The van der Waals surface area contributed by atoms with Crippen molar-refractivity contribution in [3.05, 3.63) is 53.6 Å². The summed E-state index contributed by atoms with van der Waals surface area (Å²) >= 11 is 0. The summed E-state index contributed by atoms with van der Waals surface area (Å²) in [5.41, 5.74) is 2.09. The molecule has 106 valence electrons. The fourth-order valence-electron chi connectivity index (χ4n) is 1.96. The van der Waals surface area contributed by atoms with Crippen molar-refractivity contribution in [1.29, 1.82) is 0 Å². The van der Waals surface area contributed by atoms with Gasteiger partial charge in [-0.3, -0.25) is 4.72 Å². The lowest BCUT2D eigenvalue weighted by Crippen LogP contribution is -2.14. The van der Waals surface area contributed by atoms with Gasteiger partial charge in [-0.15, -0.1) is 0 Å². The molecule has 0 unspecified atom stereocenters. The minimum atomic E-state index is -3.62. The van der Waals surface area contributed by atoms with Crippen molar-refractivity contribution in [3.63, 3.8) is 0 Å². The molecule has 0 aromatic heterocycles. The smallest absolute Gasteiger partial charge is 0.262 e. The number of anilines is 1. The van der Waals surface area contributed by atoms with Gasteiger partial charge in [0, 0.05) is 0 Å². The Morgan fingerprint density at radius 1 is 1.05 bits per heavy atom. The van der Waals surface area contributed by atoms with Crippen LogP contribution in [0.2, 0.25) is 0 Å². The first-order chi connectivity index (χ1) is 9.44. The maximum absolute atomic E-state index is 12.4. The molecule has 2 aromatic rings. The number of sulfonamides is 1. The lowest BCUT2D eigenvalue weighted by atomic mass is 10.2. The van der Waals surface area contributed by atoms with E-state index in [-0.39, 0.29) is 4.90 Å². The van der Waals surface area contributed by atoms with E-state index in [1.165, 1.54) is 7.11 Å². The predicted octanol–water partition coefficient (Wildman–Crippen LogP) is 3.11. The van der Waals surface area contributed by atoms with Crippen LogP contribution in [0.25, 0.3) is 0 Å².